The van der Waals surface area contributed by atoms with Crippen LogP contribution < -0.4 is 15.8 Å². The molecule has 0 fully saturated rings. The minimum absolute atomic E-state index is 0.498. The van der Waals surface area contributed by atoms with Crippen LogP contribution in [-0.2, 0) is 0 Å². The lowest BCUT2D eigenvalue weighted by molar-refractivity contribution is 0.328. The Labute approximate surface area is 121 Å². The van der Waals surface area contributed by atoms with Gasteiger partial charge in [0.1, 0.15) is 18.2 Å². The molecule has 7 heteroatoms. The Bertz CT molecular complexity index is 737. The van der Waals surface area contributed by atoms with Gasteiger partial charge in [-0.3, -0.25) is 4.40 Å². The fourth-order valence-electron chi connectivity index (χ4n) is 1.98. The Balaban J connectivity index is 1.82. The largest absolute Gasteiger partial charge is 0.492 e. The van der Waals surface area contributed by atoms with Crippen LogP contribution >= 0.6 is 0 Å². The van der Waals surface area contributed by atoms with Crippen molar-refractivity contribution in [2.45, 2.75) is 6.92 Å². The van der Waals surface area contributed by atoms with Gasteiger partial charge >= 0.3 is 0 Å². The van der Waals surface area contributed by atoms with Crippen LogP contribution in [0, 0.1) is 6.92 Å². The summed E-state index contributed by atoms with van der Waals surface area (Å²) in [5.41, 5.74) is 6.99. The van der Waals surface area contributed by atoms with Crippen LogP contribution in [0.3, 0.4) is 0 Å². The number of nitrogens with one attached hydrogen (secondary N) is 1. The van der Waals surface area contributed by atoms with Crippen molar-refractivity contribution in [1.82, 2.24) is 19.6 Å². The lowest BCUT2D eigenvalue weighted by Crippen LogP contribution is -2.10. The van der Waals surface area contributed by atoms with Gasteiger partial charge in [0.25, 0.3) is 0 Å². The lowest BCUT2D eigenvalue weighted by atomic mass is 10.3. The molecule has 0 amide bonds. The SMILES string of the molecule is Cc1nnc2c(Nc3ccc(OCCN)cc3)nccn12. The molecule has 3 aromatic rings. The molecule has 0 aliphatic heterocycles. The second-order valence-electron chi connectivity index (χ2n) is 4.50. The van der Waals surface area contributed by atoms with E-state index < -0.39 is 0 Å². The molecule has 0 unspecified atom stereocenters. The summed E-state index contributed by atoms with van der Waals surface area (Å²) in [6.07, 6.45) is 3.55. The van der Waals surface area contributed by atoms with Crippen LogP contribution in [0.2, 0.25) is 0 Å². The van der Waals surface area contributed by atoms with E-state index in [9.17, 15) is 0 Å². The number of rotatable bonds is 5. The minimum Gasteiger partial charge on any atom is -0.492 e. The summed E-state index contributed by atoms with van der Waals surface area (Å²) in [6, 6.07) is 7.60. The van der Waals surface area contributed by atoms with Gasteiger partial charge < -0.3 is 15.8 Å². The molecule has 1 aromatic carbocycles. The summed E-state index contributed by atoms with van der Waals surface area (Å²) in [7, 11) is 0. The van der Waals surface area contributed by atoms with Crippen molar-refractivity contribution in [3.05, 3.63) is 42.5 Å². The average molecular weight is 284 g/mol. The molecule has 2 heterocycles. The third-order valence-electron chi connectivity index (χ3n) is 3.00. The first-order valence-corrected chi connectivity index (χ1v) is 6.64. The molecule has 0 radical (unpaired) electrons. The van der Waals surface area contributed by atoms with Crippen molar-refractivity contribution < 1.29 is 4.74 Å². The summed E-state index contributed by atoms with van der Waals surface area (Å²) >= 11 is 0. The number of benzene rings is 1. The maximum Gasteiger partial charge on any atom is 0.204 e. The first kappa shape index (κ1) is 13.3. The number of ether oxygens (including phenoxy) is 1. The molecular formula is C14H16N6O. The van der Waals surface area contributed by atoms with Gasteiger partial charge in [0, 0.05) is 24.6 Å². The second-order valence-corrected chi connectivity index (χ2v) is 4.50. The van der Waals surface area contributed by atoms with E-state index in [1.807, 2.05) is 41.8 Å². The van der Waals surface area contributed by atoms with Crippen LogP contribution in [0.25, 0.3) is 5.65 Å². The molecule has 7 nitrogen and oxygen atoms in total. The number of anilines is 2. The van der Waals surface area contributed by atoms with Gasteiger partial charge in [-0.05, 0) is 31.2 Å². The van der Waals surface area contributed by atoms with Gasteiger partial charge in [-0.25, -0.2) is 4.98 Å². The van der Waals surface area contributed by atoms with E-state index in [1.54, 1.807) is 6.20 Å². The Morgan fingerprint density at radius 1 is 1.24 bits per heavy atom. The number of aryl methyl sites for hydroxylation is 1. The number of aromatic nitrogens is 4. The van der Waals surface area contributed by atoms with Crippen molar-refractivity contribution in [2.24, 2.45) is 5.73 Å². The highest BCUT2D eigenvalue weighted by atomic mass is 16.5. The van der Waals surface area contributed by atoms with Crippen molar-refractivity contribution in [2.75, 3.05) is 18.5 Å². The van der Waals surface area contributed by atoms with E-state index in [0.29, 0.717) is 24.6 Å². The standard InChI is InChI=1S/C14H16N6O/c1-10-18-19-14-13(16-7-8-20(10)14)17-11-2-4-12(5-3-11)21-9-6-15/h2-5,7-8H,6,9,15H2,1H3,(H,16,17). The fourth-order valence-corrected chi connectivity index (χ4v) is 1.98. The topological polar surface area (TPSA) is 90.4 Å². The van der Waals surface area contributed by atoms with Crippen LogP contribution in [0.4, 0.5) is 11.5 Å². The fraction of sp³-hybridized carbons (Fsp3) is 0.214. The van der Waals surface area contributed by atoms with Crippen LogP contribution in [-0.4, -0.2) is 32.7 Å². The van der Waals surface area contributed by atoms with E-state index in [2.05, 4.69) is 20.5 Å². The van der Waals surface area contributed by atoms with Crippen LogP contribution in [0.5, 0.6) is 5.75 Å². The van der Waals surface area contributed by atoms with Gasteiger partial charge in [0.2, 0.25) is 5.65 Å². The van der Waals surface area contributed by atoms with Crippen molar-refractivity contribution in [3.8, 4) is 5.75 Å². The molecule has 0 aliphatic carbocycles. The van der Waals surface area contributed by atoms with Crippen molar-refractivity contribution in [1.29, 1.82) is 0 Å². The van der Waals surface area contributed by atoms with E-state index in [1.165, 1.54) is 0 Å². The summed E-state index contributed by atoms with van der Waals surface area (Å²) in [5, 5.41) is 11.4. The van der Waals surface area contributed by atoms with Gasteiger partial charge in [0.15, 0.2) is 5.82 Å². The monoisotopic (exact) mass is 284 g/mol. The molecule has 108 valence electrons. The van der Waals surface area contributed by atoms with Gasteiger partial charge in [0.05, 0.1) is 0 Å². The molecule has 0 atom stereocenters. The average Bonchev–Trinajstić information content (AvgIpc) is 2.89. The van der Waals surface area contributed by atoms with E-state index in [0.717, 1.165) is 17.3 Å². The maximum absolute atomic E-state index is 5.44. The first-order valence-electron chi connectivity index (χ1n) is 6.64. The molecule has 21 heavy (non-hydrogen) atoms. The molecular weight excluding hydrogens is 268 g/mol. The highest BCUT2D eigenvalue weighted by Crippen LogP contribution is 2.21. The Hall–Kier alpha value is -2.67. The molecule has 0 aliphatic rings. The normalized spacial score (nSPS) is 10.8. The maximum atomic E-state index is 5.44. The third kappa shape index (κ3) is 2.77. The molecule has 0 bridgehead atoms. The van der Waals surface area contributed by atoms with E-state index >= 15 is 0 Å². The second kappa shape index (κ2) is 5.76. The highest BCUT2D eigenvalue weighted by molar-refractivity contribution is 5.69. The van der Waals surface area contributed by atoms with Gasteiger partial charge in [-0.15, -0.1) is 10.2 Å². The van der Waals surface area contributed by atoms with Gasteiger partial charge in [-0.2, -0.15) is 0 Å². The minimum atomic E-state index is 0.498. The molecule has 0 saturated heterocycles. The van der Waals surface area contributed by atoms with Crippen molar-refractivity contribution >= 4 is 17.2 Å². The summed E-state index contributed by atoms with van der Waals surface area (Å²) < 4.78 is 7.32. The molecule has 0 spiro atoms. The summed E-state index contributed by atoms with van der Waals surface area (Å²) in [4.78, 5) is 4.31. The summed E-state index contributed by atoms with van der Waals surface area (Å²) in [5.74, 6) is 2.27. The number of fused-ring (bicyclic) bond motifs is 1. The Kier molecular flexibility index (Phi) is 3.65. The predicted molar refractivity (Wildman–Crippen MR) is 79.8 cm³/mol. The lowest BCUT2D eigenvalue weighted by Gasteiger charge is -2.08. The Morgan fingerprint density at radius 2 is 2.05 bits per heavy atom. The number of nitrogens with zero attached hydrogens (tertiary/aromatic N) is 4. The van der Waals surface area contributed by atoms with E-state index in [4.69, 9.17) is 10.5 Å². The summed E-state index contributed by atoms with van der Waals surface area (Å²) in [6.45, 7) is 2.90. The smallest absolute Gasteiger partial charge is 0.204 e. The molecule has 0 saturated carbocycles. The zero-order chi connectivity index (χ0) is 14.7. The van der Waals surface area contributed by atoms with Crippen LogP contribution in [0.1, 0.15) is 5.82 Å². The first-order chi connectivity index (χ1) is 10.3. The van der Waals surface area contributed by atoms with Crippen molar-refractivity contribution in [3.63, 3.8) is 0 Å². The number of hydrogen-bond acceptors (Lipinski definition) is 6. The number of nitrogens with two attached hydrogens (primary N) is 1. The van der Waals surface area contributed by atoms with E-state index in [-0.39, 0.29) is 0 Å². The molecule has 2 aromatic heterocycles. The highest BCUT2D eigenvalue weighted by Gasteiger charge is 2.07. The molecule has 3 N–H and O–H groups in total. The zero-order valence-corrected chi connectivity index (χ0v) is 11.7. The van der Waals surface area contributed by atoms with Crippen LogP contribution in [0.15, 0.2) is 36.7 Å². The Morgan fingerprint density at radius 3 is 2.81 bits per heavy atom. The molecule has 3 rings (SSSR count). The predicted octanol–water partition coefficient (Wildman–Crippen LogP) is 1.51. The number of hydrogen-bond donors (Lipinski definition) is 2. The zero-order valence-electron chi connectivity index (χ0n) is 11.7. The quantitative estimate of drug-likeness (QED) is 0.738. The third-order valence-corrected chi connectivity index (χ3v) is 3.00. The van der Waals surface area contributed by atoms with Gasteiger partial charge in [-0.1, -0.05) is 0 Å².